The van der Waals surface area contributed by atoms with Crippen LogP contribution in [0.15, 0.2) is 97.6 Å². The average Bonchev–Trinajstić information content (AvgIpc) is 1.57. The first-order valence-electron chi connectivity index (χ1n) is 37.4. The molecule has 4 amide bonds. The molecule has 0 radical (unpaired) electrons. The minimum atomic E-state index is -2.77. The summed E-state index contributed by atoms with van der Waals surface area (Å²) in [7, 11) is 6.60. The number of aryl methyl sites for hydroxylation is 8. The lowest BCUT2D eigenvalue weighted by Crippen LogP contribution is -2.47. The molecule has 4 aromatic heterocycles. The molecule has 12 atom stereocenters. The van der Waals surface area contributed by atoms with Crippen LogP contribution in [0, 0.1) is 51.4 Å². The second-order valence-electron chi connectivity index (χ2n) is 31.0. The lowest BCUT2D eigenvalue weighted by atomic mass is 9.81. The van der Waals surface area contributed by atoms with Crippen LogP contribution in [0.5, 0.6) is 0 Å². The molecule has 4 heterocycles. The molecule has 12 unspecified atom stereocenters. The third-order valence-corrected chi connectivity index (χ3v) is 25.7. The maximum absolute atomic E-state index is 13.3. The van der Waals surface area contributed by atoms with E-state index >= 15 is 0 Å². The minimum Gasteiger partial charge on any atom is -0.342 e. The highest BCUT2D eigenvalue weighted by Gasteiger charge is 2.61. The molecule has 16 nitrogen and oxygen atoms in total. The highest BCUT2D eigenvalue weighted by Crippen LogP contribution is 2.65. The zero-order valence-corrected chi connectivity index (χ0v) is 63.3. The lowest BCUT2D eigenvalue weighted by Gasteiger charge is -2.34. The second-order valence-corrected chi connectivity index (χ2v) is 31.7. The molecule has 104 heavy (non-hydrogen) atoms. The predicted molar refractivity (Wildman–Crippen MR) is 396 cm³/mol. The fraction of sp³-hybridized carbons (Fsp3) is 0.512. The van der Waals surface area contributed by atoms with Crippen LogP contribution in [-0.2, 0) is 50.3 Å². The van der Waals surface area contributed by atoms with E-state index in [0.29, 0.717) is 68.8 Å². The number of nitrogens with one attached hydrogen (secondary N) is 4. The van der Waals surface area contributed by atoms with Gasteiger partial charge in [0.2, 0.25) is 0 Å². The van der Waals surface area contributed by atoms with Gasteiger partial charge in [0.1, 0.15) is 21.7 Å². The molecule has 8 aliphatic carbocycles. The fourth-order valence-electron chi connectivity index (χ4n) is 20.7. The number of alkyl halides is 4. The van der Waals surface area contributed by atoms with Gasteiger partial charge in [-0.2, -0.15) is 20.4 Å². The number of rotatable bonds is 18. The number of halogens is 6. The Kier molecular flexibility index (Phi) is 20.7. The third-order valence-electron chi connectivity index (χ3n) is 24.8. The molecule has 0 spiro atoms. The van der Waals surface area contributed by atoms with Gasteiger partial charge in [0.25, 0.3) is 36.5 Å². The van der Waals surface area contributed by atoms with E-state index in [1.54, 1.807) is 40.6 Å². The van der Waals surface area contributed by atoms with Crippen molar-refractivity contribution in [3.05, 3.63) is 208 Å². The van der Waals surface area contributed by atoms with Gasteiger partial charge < -0.3 is 21.3 Å². The van der Waals surface area contributed by atoms with E-state index in [4.69, 9.17) is 23.2 Å². The molecule has 8 aromatic rings. The molecule has 4 N–H and O–H groups in total. The van der Waals surface area contributed by atoms with E-state index < -0.39 is 47.1 Å². The van der Waals surface area contributed by atoms with Gasteiger partial charge >= 0.3 is 0 Å². The smallest absolute Gasteiger partial charge is 0.282 e. The maximum atomic E-state index is 13.3. The van der Waals surface area contributed by atoms with Gasteiger partial charge in [0, 0.05) is 40.6 Å². The van der Waals surface area contributed by atoms with Crippen molar-refractivity contribution in [2.45, 2.75) is 217 Å². The van der Waals surface area contributed by atoms with Crippen molar-refractivity contribution < 1.29 is 36.7 Å². The van der Waals surface area contributed by atoms with Crippen molar-refractivity contribution in [3.63, 3.8) is 0 Å². The first kappa shape index (κ1) is 74.2. The quantitative estimate of drug-likeness (QED) is 0.0611. The molecule has 16 rings (SSSR count). The van der Waals surface area contributed by atoms with Gasteiger partial charge in [-0.05, 0) is 197 Å². The van der Waals surface area contributed by atoms with Crippen LogP contribution in [0.25, 0.3) is 0 Å². The van der Waals surface area contributed by atoms with Gasteiger partial charge in [-0.25, -0.2) is 17.6 Å². The average molecular weight is 1460 g/mol. The van der Waals surface area contributed by atoms with Gasteiger partial charge in [-0.1, -0.05) is 172 Å². The van der Waals surface area contributed by atoms with Crippen molar-refractivity contribution in [1.82, 2.24) is 60.4 Å². The predicted octanol–water partition coefficient (Wildman–Crippen LogP) is 17.8. The SMILES string of the molecule is CCCC1C2CCC1(NC(=O)c1cn(C)nc1C(F)F)c1ccc(C)cc12.CCCC1C2CCC1(NC(=O)c1cn(C)nc1C(F)F)c1ccc(C)cc12.CCCC1C2CCC1(NC(=O)c1cnn(C)c1Cl)c1ccc(C)cc12.CCCC1C2CCC1(NC(=O)c1cnn(C)c1Cl)c1ccc(C)cc12. The number of nitrogens with zero attached hydrogens (tertiary/aromatic N) is 8. The van der Waals surface area contributed by atoms with E-state index in [1.807, 2.05) is 0 Å². The van der Waals surface area contributed by atoms with Crippen LogP contribution in [0.4, 0.5) is 17.6 Å². The Morgan fingerprint density at radius 1 is 0.433 bits per heavy atom. The number of fused-ring (bicyclic) bond motifs is 20. The molecule has 0 aliphatic heterocycles. The summed E-state index contributed by atoms with van der Waals surface area (Å²) in [5.74, 6) is 2.40. The van der Waals surface area contributed by atoms with E-state index in [2.05, 4.69) is 170 Å². The summed E-state index contributed by atoms with van der Waals surface area (Å²) in [6.45, 7) is 17.2. The molecule has 22 heteroatoms. The van der Waals surface area contributed by atoms with Gasteiger partial charge in [0.15, 0.2) is 0 Å². The molecular formula is C82H98Cl2F4N12O4. The van der Waals surface area contributed by atoms with Crippen molar-refractivity contribution in [3.8, 4) is 0 Å². The third kappa shape index (κ3) is 12.6. The number of amides is 4. The van der Waals surface area contributed by atoms with Crippen LogP contribution in [-0.4, -0.2) is 62.8 Å². The molecule has 0 saturated heterocycles. The molecule has 4 fully saturated rings. The largest absolute Gasteiger partial charge is 0.342 e. The van der Waals surface area contributed by atoms with Crippen LogP contribution in [0.3, 0.4) is 0 Å². The fourth-order valence-corrected chi connectivity index (χ4v) is 21.1. The molecular weight excluding hydrogens is 1360 g/mol. The maximum Gasteiger partial charge on any atom is 0.282 e. The summed E-state index contributed by atoms with van der Waals surface area (Å²) in [5, 5.41) is 29.7. The zero-order chi connectivity index (χ0) is 74.2. The molecule has 8 bridgehead atoms. The monoisotopic (exact) mass is 1460 g/mol. The number of carbonyl (C=O) groups excluding carboxylic acids is 4. The molecule has 4 aromatic carbocycles. The van der Waals surface area contributed by atoms with Crippen LogP contribution >= 0.6 is 23.2 Å². The van der Waals surface area contributed by atoms with Crippen molar-refractivity contribution in [2.75, 3.05) is 0 Å². The number of carbonyl (C=O) groups is 4. The molecule has 4 saturated carbocycles. The Morgan fingerprint density at radius 3 is 0.904 bits per heavy atom. The number of hydrogen-bond donors (Lipinski definition) is 4. The van der Waals surface area contributed by atoms with Crippen LogP contribution in [0.1, 0.15) is 287 Å². The van der Waals surface area contributed by atoms with Crippen LogP contribution in [0.2, 0.25) is 10.3 Å². The van der Waals surface area contributed by atoms with E-state index in [0.717, 1.165) is 103 Å². The normalized spacial score (nSPS) is 26.3. The highest BCUT2D eigenvalue weighted by atomic mass is 35.5. The Hall–Kier alpha value is -8.10. The van der Waals surface area contributed by atoms with Gasteiger partial charge in [-0.3, -0.25) is 37.9 Å². The Morgan fingerprint density at radius 2 is 0.683 bits per heavy atom. The van der Waals surface area contributed by atoms with Gasteiger partial charge in [0.05, 0.1) is 56.8 Å². The van der Waals surface area contributed by atoms with Crippen molar-refractivity contribution in [2.24, 2.45) is 51.9 Å². The van der Waals surface area contributed by atoms with Crippen LogP contribution < -0.4 is 21.3 Å². The molecule has 552 valence electrons. The number of aromatic nitrogens is 8. The first-order chi connectivity index (χ1) is 49.7. The first-order valence-corrected chi connectivity index (χ1v) is 38.2. The highest BCUT2D eigenvalue weighted by molar-refractivity contribution is 6.33. The van der Waals surface area contributed by atoms with E-state index in [1.165, 1.54) is 97.9 Å². The standard InChI is InChI=1S/2C21H25F2N3O.2C20H24ClN3O/c2*1-4-5-16-13-8-9-21(16,17-7-6-12(2)10-14(13)17)24-20(27)15-11-26(3)25-18(15)19(22)23;2*1-4-5-16-13-8-9-20(16,17-7-6-12(2)10-14(13)17)23-19(25)15-11-22-24(3)18(15)21/h2*6-7,10-11,13,16,19H,4-5,8-9H2,1-3H3,(H,24,27);2*6-7,10-11,13,16H,4-5,8-9H2,1-3H3,(H,23,25). The Balaban J connectivity index is 0.000000123. The summed E-state index contributed by atoms with van der Waals surface area (Å²) in [5.41, 5.74) is 14.0. The Bertz CT molecular complexity index is 4330. The second kappa shape index (κ2) is 29.0. The zero-order valence-electron chi connectivity index (χ0n) is 61.8. The van der Waals surface area contributed by atoms with Crippen molar-refractivity contribution >= 4 is 46.8 Å². The topological polar surface area (TPSA) is 188 Å². The number of benzene rings is 4. The summed E-state index contributed by atoms with van der Waals surface area (Å²) < 4.78 is 58.9. The van der Waals surface area contributed by atoms with Gasteiger partial charge in [-0.15, -0.1) is 0 Å². The van der Waals surface area contributed by atoms with E-state index in [-0.39, 0.29) is 34.0 Å². The summed E-state index contributed by atoms with van der Waals surface area (Å²) in [6.07, 6.45) is 17.0. The Labute approximate surface area is 617 Å². The summed E-state index contributed by atoms with van der Waals surface area (Å²) in [4.78, 5) is 52.1. The summed E-state index contributed by atoms with van der Waals surface area (Å²) in [6, 6.07) is 26.2. The lowest BCUT2D eigenvalue weighted by molar-refractivity contribution is 0.0849. The van der Waals surface area contributed by atoms with Crippen molar-refractivity contribution in [1.29, 1.82) is 0 Å². The molecule has 8 aliphatic rings. The number of hydrogen-bond acceptors (Lipinski definition) is 8. The van der Waals surface area contributed by atoms with E-state index in [9.17, 15) is 36.7 Å². The minimum absolute atomic E-state index is 0.0267. The summed E-state index contributed by atoms with van der Waals surface area (Å²) >= 11 is 12.5.